The molecule has 1 aromatic heterocycles. The number of rotatable bonds is 3. The minimum atomic E-state index is 0.455. The van der Waals surface area contributed by atoms with Gasteiger partial charge in [0.05, 0.1) is 10.2 Å². The van der Waals surface area contributed by atoms with Crippen LogP contribution in [-0.4, -0.2) is 16.5 Å². The second kappa shape index (κ2) is 5.03. The van der Waals surface area contributed by atoms with Crippen molar-refractivity contribution in [3.8, 4) is 11.3 Å². The number of aromatic nitrogens is 2. The molecule has 1 heterocycles. The van der Waals surface area contributed by atoms with E-state index in [9.17, 15) is 0 Å². The van der Waals surface area contributed by atoms with Gasteiger partial charge in [-0.25, -0.2) is 0 Å². The predicted octanol–water partition coefficient (Wildman–Crippen LogP) is 3.02. The smallest absolute Gasteiger partial charge is 0.107 e. The van der Waals surface area contributed by atoms with Gasteiger partial charge < -0.3 is 5.73 Å². The molecule has 0 aliphatic carbocycles. The first-order valence-corrected chi connectivity index (χ1v) is 6.85. The molecule has 2 aromatic rings. The Balaban J connectivity index is 2.38. The van der Waals surface area contributed by atoms with E-state index in [1.807, 2.05) is 0 Å². The lowest BCUT2D eigenvalue weighted by molar-refractivity contribution is 0.945. The fraction of sp³-hybridized carbons (Fsp3) is 0.182. The summed E-state index contributed by atoms with van der Waals surface area (Å²) in [6.07, 6.45) is 2.06. The average molecular weight is 298 g/mol. The van der Waals surface area contributed by atoms with Crippen molar-refractivity contribution in [3.63, 3.8) is 0 Å². The average Bonchev–Trinajstić information content (AvgIpc) is 2.70. The van der Waals surface area contributed by atoms with Crippen molar-refractivity contribution in [2.75, 3.05) is 6.26 Å². The molecule has 84 valence electrons. The van der Waals surface area contributed by atoms with E-state index < -0.39 is 0 Å². The Labute approximate surface area is 107 Å². The first kappa shape index (κ1) is 11.7. The van der Waals surface area contributed by atoms with E-state index in [1.54, 1.807) is 11.8 Å². The maximum atomic E-state index is 5.58. The Morgan fingerprint density at radius 2 is 2.06 bits per heavy atom. The number of aromatic amines is 1. The molecular formula is C11H12BrN3S. The van der Waals surface area contributed by atoms with Crippen molar-refractivity contribution in [2.45, 2.75) is 11.4 Å². The van der Waals surface area contributed by atoms with Crippen LogP contribution in [0.4, 0.5) is 0 Å². The van der Waals surface area contributed by atoms with Crippen LogP contribution in [0.2, 0.25) is 0 Å². The highest BCUT2D eigenvalue weighted by molar-refractivity contribution is 9.10. The molecule has 0 aliphatic heterocycles. The molecular weight excluding hydrogens is 286 g/mol. The van der Waals surface area contributed by atoms with Gasteiger partial charge in [0.15, 0.2) is 0 Å². The molecule has 0 aliphatic rings. The number of halogens is 1. The Kier molecular flexibility index (Phi) is 3.68. The van der Waals surface area contributed by atoms with Crippen molar-refractivity contribution in [1.29, 1.82) is 0 Å². The lowest BCUT2D eigenvalue weighted by Crippen LogP contribution is -1.96. The Hall–Kier alpha value is -0.780. The number of hydrogen-bond donors (Lipinski definition) is 2. The number of H-pyrrole nitrogens is 1. The van der Waals surface area contributed by atoms with Crippen LogP contribution in [0, 0.1) is 0 Å². The lowest BCUT2D eigenvalue weighted by Gasteiger charge is -2.00. The van der Waals surface area contributed by atoms with Crippen molar-refractivity contribution in [1.82, 2.24) is 10.2 Å². The van der Waals surface area contributed by atoms with E-state index in [0.29, 0.717) is 6.54 Å². The van der Waals surface area contributed by atoms with E-state index in [4.69, 9.17) is 5.73 Å². The summed E-state index contributed by atoms with van der Waals surface area (Å²) in [5, 5.41) is 7.18. The third-order valence-corrected chi connectivity index (χ3v) is 3.94. The molecule has 16 heavy (non-hydrogen) atoms. The van der Waals surface area contributed by atoms with Gasteiger partial charge in [-0.1, -0.05) is 12.1 Å². The standard InChI is InChI=1S/C11H12BrN3S/c1-16-8-4-2-7(3-5-8)11-10(12)9(6-13)14-15-11/h2-5H,6,13H2,1H3,(H,14,15). The molecule has 0 fully saturated rings. The summed E-state index contributed by atoms with van der Waals surface area (Å²) >= 11 is 5.23. The highest BCUT2D eigenvalue weighted by Crippen LogP contribution is 2.29. The van der Waals surface area contributed by atoms with Crippen molar-refractivity contribution < 1.29 is 0 Å². The van der Waals surface area contributed by atoms with Crippen LogP contribution in [0.25, 0.3) is 11.3 Å². The van der Waals surface area contributed by atoms with E-state index in [1.165, 1.54) is 4.90 Å². The Morgan fingerprint density at radius 1 is 1.38 bits per heavy atom. The zero-order chi connectivity index (χ0) is 11.5. The first-order valence-electron chi connectivity index (χ1n) is 4.83. The minimum Gasteiger partial charge on any atom is -0.325 e. The lowest BCUT2D eigenvalue weighted by atomic mass is 10.1. The molecule has 0 saturated heterocycles. The molecule has 0 saturated carbocycles. The molecule has 0 amide bonds. The maximum Gasteiger partial charge on any atom is 0.107 e. The fourth-order valence-corrected chi connectivity index (χ4v) is 2.42. The number of nitrogens with zero attached hydrogens (tertiary/aromatic N) is 1. The molecule has 0 atom stereocenters. The van der Waals surface area contributed by atoms with E-state index >= 15 is 0 Å². The van der Waals surface area contributed by atoms with Crippen LogP contribution in [0.5, 0.6) is 0 Å². The SMILES string of the molecule is CSc1ccc(-c2n[nH]c(CN)c2Br)cc1. The summed E-state index contributed by atoms with van der Waals surface area (Å²) in [5.41, 5.74) is 8.50. The van der Waals surface area contributed by atoms with Gasteiger partial charge in [-0.3, -0.25) is 5.10 Å². The number of thioether (sulfide) groups is 1. The predicted molar refractivity (Wildman–Crippen MR) is 71.4 cm³/mol. The van der Waals surface area contributed by atoms with E-state index in [2.05, 4.69) is 56.6 Å². The van der Waals surface area contributed by atoms with Gasteiger partial charge >= 0.3 is 0 Å². The summed E-state index contributed by atoms with van der Waals surface area (Å²) in [6.45, 7) is 0.455. The monoisotopic (exact) mass is 297 g/mol. The van der Waals surface area contributed by atoms with Crippen LogP contribution in [0.15, 0.2) is 33.6 Å². The molecule has 0 spiro atoms. The van der Waals surface area contributed by atoms with Crippen molar-refractivity contribution >= 4 is 27.7 Å². The second-order valence-electron chi connectivity index (χ2n) is 3.30. The van der Waals surface area contributed by atoms with Crippen LogP contribution < -0.4 is 5.73 Å². The molecule has 3 N–H and O–H groups in total. The highest BCUT2D eigenvalue weighted by atomic mass is 79.9. The molecule has 0 unspecified atom stereocenters. The Bertz CT molecular complexity index is 478. The maximum absolute atomic E-state index is 5.58. The zero-order valence-electron chi connectivity index (χ0n) is 8.83. The van der Waals surface area contributed by atoms with Crippen molar-refractivity contribution in [2.24, 2.45) is 5.73 Å². The first-order chi connectivity index (χ1) is 7.76. The van der Waals surface area contributed by atoms with Gasteiger partial charge in [0.2, 0.25) is 0 Å². The van der Waals surface area contributed by atoms with Gasteiger partial charge in [-0.15, -0.1) is 11.8 Å². The van der Waals surface area contributed by atoms with Gasteiger partial charge in [-0.2, -0.15) is 5.10 Å². The quantitative estimate of drug-likeness (QED) is 0.856. The van der Waals surface area contributed by atoms with Gasteiger partial charge in [0.25, 0.3) is 0 Å². The number of nitrogens with two attached hydrogens (primary N) is 1. The van der Waals surface area contributed by atoms with Crippen LogP contribution in [0.1, 0.15) is 5.69 Å². The molecule has 2 rings (SSSR count). The second-order valence-corrected chi connectivity index (χ2v) is 4.97. The fourth-order valence-electron chi connectivity index (χ4n) is 1.44. The van der Waals surface area contributed by atoms with Gasteiger partial charge in [-0.05, 0) is 34.3 Å². The minimum absolute atomic E-state index is 0.455. The van der Waals surface area contributed by atoms with Gasteiger partial charge in [0, 0.05) is 17.0 Å². The summed E-state index contributed by atoms with van der Waals surface area (Å²) in [6, 6.07) is 8.30. The van der Waals surface area contributed by atoms with Crippen LogP contribution in [0.3, 0.4) is 0 Å². The van der Waals surface area contributed by atoms with E-state index in [0.717, 1.165) is 21.4 Å². The van der Waals surface area contributed by atoms with Crippen LogP contribution >= 0.6 is 27.7 Å². The molecule has 0 bridgehead atoms. The summed E-state index contributed by atoms with van der Waals surface area (Å²) in [7, 11) is 0. The van der Waals surface area contributed by atoms with Crippen LogP contribution in [-0.2, 0) is 6.54 Å². The largest absolute Gasteiger partial charge is 0.325 e. The third kappa shape index (κ3) is 2.16. The molecule has 0 radical (unpaired) electrons. The topological polar surface area (TPSA) is 54.7 Å². The highest BCUT2D eigenvalue weighted by Gasteiger charge is 2.10. The van der Waals surface area contributed by atoms with E-state index in [-0.39, 0.29) is 0 Å². The molecule has 5 heteroatoms. The number of hydrogen-bond acceptors (Lipinski definition) is 3. The normalized spacial score (nSPS) is 10.7. The summed E-state index contributed by atoms with van der Waals surface area (Å²) in [5.74, 6) is 0. The summed E-state index contributed by atoms with van der Waals surface area (Å²) in [4.78, 5) is 1.24. The third-order valence-electron chi connectivity index (χ3n) is 2.34. The number of nitrogens with one attached hydrogen (secondary N) is 1. The zero-order valence-corrected chi connectivity index (χ0v) is 11.2. The number of benzene rings is 1. The van der Waals surface area contributed by atoms with Gasteiger partial charge in [0.1, 0.15) is 5.69 Å². The molecule has 1 aromatic carbocycles. The Morgan fingerprint density at radius 3 is 2.56 bits per heavy atom. The van der Waals surface area contributed by atoms with Crippen molar-refractivity contribution in [3.05, 3.63) is 34.4 Å². The molecule has 3 nitrogen and oxygen atoms in total. The summed E-state index contributed by atoms with van der Waals surface area (Å²) < 4.78 is 0.951.